The zero-order valence-electron chi connectivity index (χ0n) is 11.5. The van der Waals surface area contributed by atoms with Gasteiger partial charge in [0, 0.05) is 10.5 Å². The minimum absolute atomic E-state index is 0.168. The molecule has 0 heterocycles. The average molecular weight is 338 g/mol. The quantitative estimate of drug-likeness (QED) is 0.909. The summed E-state index contributed by atoms with van der Waals surface area (Å²) in [7, 11) is 1.45. The van der Waals surface area contributed by atoms with Gasteiger partial charge in [0.2, 0.25) is 0 Å². The van der Waals surface area contributed by atoms with Gasteiger partial charge in [-0.3, -0.25) is 0 Å². The summed E-state index contributed by atoms with van der Waals surface area (Å²) < 4.78 is 19.6. The molecule has 0 aliphatic heterocycles. The average Bonchev–Trinajstić information content (AvgIpc) is 2.37. The second-order valence-corrected chi connectivity index (χ2v) is 5.76. The molecule has 0 aromatic heterocycles. The highest BCUT2D eigenvalue weighted by atomic mass is 79.9. The van der Waals surface area contributed by atoms with Crippen molar-refractivity contribution in [2.75, 3.05) is 7.11 Å². The fraction of sp³-hybridized carbons (Fsp3) is 0.250. The molecule has 0 bridgehead atoms. The Bertz CT molecular complexity index is 595. The van der Waals surface area contributed by atoms with Crippen LogP contribution in [-0.4, -0.2) is 7.11 Å². The second kappa shape index (κ2) is 6.37. The fourth-order valence-corrected chi connectivity index (χ4v) is 2.81. The van der Waals surface area contributed by atoms with Gasteiger partial charge >= 0.3 is 0 Å². The Morgan fingerprint density at radius 3 is 2.60 bits per heavy atom. The van der Waals surface area contributed by atoms with Gasteiger partial charge in [0.15, 0.2) is 11.6 Å². The Kier molecular flexibility index (Phi) is 4.78. The first-order valence-electron chi connectivity index (χ1n) is 6.34. The summed E-state index contributed by atoms with van der Waals surface area (Å²) in [4.78, 5) is 0. The number of nitrogens with two attached hydrogens (primary N) is 1. The molecule has 0 aliphatic carbocycles. The lowest BCUT2D eigenvalue weighted by molar-refractivity contribution is 0.386. The third kappa shape index (κ3) is 3.58. The molecule has 106 valence electrons. The number of halogens is 2. The van der Waals surface area contributed by atoms with E-state index in [9.17, 15) is 4.39 Å². The first-order chi connectivity index (χ1) is 9.49. The molecule has 0 radical (unpaired) electrons. The Balaban J connectivity index is 2.18. The largest absolute Gasteiger partial charge is 0.494 e. The molecule has 2 rings (SSSR count). The van der Waals surface area contributed by atoms with Crippen molar-refractivity contribution >= 4 is 15.9 Å². The maximum Gasteiger partial charge on any atom is 0.165 e. The summed E-state index contributed by atoms with van der Waals surface area (Å²) in [6, 6.07) is 10.9. The zero-order valence-corrected chi connectivity index (χ0v) is 13.1. The monoisotopic (exact) mass is 337 g/mol. The molecule has 2 N–H and O–H groups in total. The highest BCUT2D eigenvalue weighted by Gasteiger charge is 2.10. The third-order valence-corrected chi connectivity index (χ3v) is 3.62. The minimum Gasteiger partial charge on any atom is -0.494 e. The maximum absolute atomic E-state index is 13.7. The Morgan fingerprint density at radius 2 is 2.00 bits per heavy atom. The van der Waals surface area contributed by atoms with E-state index in [1.807, 2.05) is 25.1 Å². The van der Waals surface area contributed by atoms with Gasteiger partial charge in [0.1, 0.15) is 0 Å². The van der Waals surface area contributed by atoms with Crippen LogP contribution in [-0.2, 0) is 6.42 Å². The van der Waals surface area contributed by atoms with Gasteiger partial charge < -0.3 is 10.5 Å². The molecule has 0 aliphatic rings. The van der Waals surface area contributed by atoms with E-state index in [1.54, 1.807) is 6.07 Å². The van der Waals surface area contributed by atoms with Crippen LogP contribution in [0.2, 0.25) is 0 Å². The molecule has 0 fully saturated rings. The Labute approximate surface area is 126 Å². The van der Waals surface area contributed by atoms with Crippen LogP contribution in [0.25, 0.3) is 0 Å². The van der Waals surface area contributed by atoms with Gasteiger partial charge in [-0.1, -0.05) is 28.1 Å². The summed E-state index contributed by atoms with van der Waals surface area (Å²) in [5.41, 5.74) is 9.25. The van der Waals surface area contributed by atoms with Crippen LogP contribution < -0.4 is 10.5 Å². The molecule has 4 heteroatoms. The van der Waals surface area contributed by atoms with Gasteiger partial charge in [-0.05, 0) is 54.3 Å². The lowest BCUT2D eigenvalue weighted by atomic mass is 9.98. The van der Waals surface area contributed by atoms with Crippen molar-refractivity contribution in [3.8, 4) is 5.75 Å². The molecular formula is C16H17BrFNO. The Morgan fingerprint density at radius 1 is 1.25 bits per heavy atom. The van der Waals surface area contributed by atoms with Gasteiger partial charge in [0.05, 0.1) is 7.11 Å². The van der Waals surface area contributed by atoms with E-state index >= 15 is 0 Å². The molecule has 2 nitrogen and oxygen atoms in total. The van der Waals surface area contributed by atoms with Crippen molar-refractivity contribution < 1.29 is 9.13 Å². The molecular weight excluding hydrogens is 321 g/mol. The van der Waals surface area contributed by atoms with Crippen LogP contribution in [0.15, 0.2) is 40.9 Å². The number of rotatable bonds is 4. The number of aryl methyl sites for hydroxylation is 1. The van der Waals surface area contributed by atoms with Crippen LogP contribution in [0.5, 0.6) is 5.75 Å². The lowest BCUT2D eigenvalue weighted by Crippen LogP contribution is -2.13. The van der Waals surface area contributed by atoms with E-state index in [0.29, 0.717) is 6.42 Å². The van der Waals surface area contributed by atoms with E-state index in [2.05, 4.69) is 22.0 Å². The van der Waals surface area contributed by atoms with Crippen LogP contribution in [0.1, 0.15) is 22.7 Å². The highest BCUT2D eigenvalue weighted by Crippen LogP contribution is 2.24. The smallest absolute Gasteiger partial charge is 0.165 e. The number of hydrogen-bond acceptors (Lipinski definition) is 2. The van der Waals surface area contributed by atoms with Crippen molar-refractivity contribution in [2.24, 2.45) is 5.73 Å². The van der Waals surface area contributed by atoms with Gasteiger partial charge in [-0.2, -0.15) is 0 Å². The van der Waals surface area contributed by atoms with Crippen molar-refractivity contribution in [3.05, 3.63) is 63.4 Å². The van der Waals surface area contributed by atoms with E-state index < -0.39 is 0 Å². The fourth-order valence-electron chi connectivity index (χ4n) is 2.19. The molecule has 0 saturated heterocycles. The molecule has 20 heavy (non-hydrogen) atoms. The predicted octanol–water partition coefficient (Wildman–Crippen LogP) is 4.15. The molecule has 2 aromatic rings. The van der Waals surface area contributed by atoms with E-state index in [4.69, 9.17) is 10.5 Å². The number of benzene rings is 2. The number of hydrogen-bond donors (Lipinski definition) is 1. The normalized spacial score (nSPS) is 12.2. The predicted molar refractivity (Wildman–Crippen MR) is 82.5 cm³/mol. The van der Waals surface area contributed by atoms with Crippen LogP contribution in [0.4, 0.5) is 4.39 Å². The first kappa shape index (κ1) is 15.0. The van der Waals surface area contributed by atoms with Crippen molar-refractivity contribution in [1.29, 1.82) is 0 Å². The maximum atomic E-state index is 13.7. The van der Waals surface area contributed by atoms with Gasteiger partial charge in [-0.15, -0.1) is 0 Å². The number of methoxy groups -OCH3 is 1. The summed E-state index contributed by atoms with van der Waals surface area (Å²) in [6.45, 7) is 2.02. The molecule has 1 unspecified atom stereocenters. The lowest BCUT2D eigenvalue weighted by Gasteiger charge is -2.14. The summed E-state index contributed by atoms with van der Waals surface area (Å²) >= 11 is 3.47. The van der Waals surface area contributed by atoms with Crippen molar-refractivity contribution in [1.82, 2.24) is 0 Å². The summed E-state index contributed by atoms with van der Waals surface area (Å²) in [5, 5.41) is 0. The second-order valence-electron chi connectivity index (χ2n) is 4.84. The number of ether oxygens (including phenoxy) is 1. The van der Waals surface area contributed by atoms with E-state index in [0.717, 1.165) is 21.2 Å². The van der Waals surface area contributed by atoms with Crippen molar-refractivity contribution in [2.45, 2.75) is 19.4 Å². The summed E-state index contributed by atoms with van der Waals surface area (Å²) in [6.07, 6.45) is 0.580. The summed E-state index contributed by atoms with van der Waals surface area (Å²) in [5.74, 6) is -0.108. The van der Waals surface area contributed by atoms with Crippen molar-refractivity contribution in [3.63, 3.8) is 0 Å². The molecule has 1 atom stereocenters. The van der Waals surface area contributed by atoms with Crippen LogP contribution >= 0.6 is 15.9 Å². The zero-order chi connectivity index (χ0) is 14.7. The molecule has 0 spiro atoms. The first-order valence-corrected chi connectivity index (χ1v) is 7.14. The van der Waals surface area contributed by atoms with Gasteiger partial charge in [-0.25, -0.2) is 4.39 Å². The molecule has 0 amide bonds. The standard InChI is InChI=1S/C16H17BrFNO/c1-10-5-12(9-13(17)6-10)15(19)8-11-3-4-16(20-2)14(18)7-11/h3-7,9,15H,8,19H2,1-2H3. The SMILES string of the molecule is COc1ccc(CC(N)c2cc(C)cc(Br)c2)cc1F. The highest BCUT2D eigenvalue weighted by molar-refractivity contribution is 9.10. The van der Waals surface area contributed by atoms with Crippen LogP contribution in [0, 0.1) is 12.7 Å². The molecule has 2 aromatic carbocycles. The third-order valence-electron chi connectivity index (χ3n) is 3.16. The minimum atomic E-state index is -0.359. The topological polar surface area (TPSA) is 35.2 Å². The van der Waals surface area contributed by atoms with E-state index in [-0.39, 0.29) is 17.6 Å². The molecule has 0 saturated carbocycles. The van der Waals surface area contributed by atoms with Crippen LogP contribution in [0.3, 0.4) is 0 Å². The Hall–Kier alpha value is -1.39. The van der Waals surface area contributed by atoms with E-state index in [1.165, 1.54) is 13.2 Å². The van der Waals surface area contributed by atoms with Gasteiger partial charge in [0.25, 0.3) is 0 Å².